The number of fused-ring (bicyclic) bond motifs is 1. The molecular formula is C22H23NO4. The number of Topliss-reactive ketones (excluding diaryl/α,β-unsaturated/α-hetero) is 1. The number of hydrogen-bond acceptors (Lipinski definition) is 5. The lowest BCUT2D eigenvalue weighted by atomic mass is 9.75. The van der Waals surface area contributed by atoms with E-state index >= 15 is 0 Å². The molecule has 5 heteroatoms. The number of allylic oxidation sites excluding steroid dienone is 2. The van der Waals surface area contributed by atoms with Gasteiger partial charge in [0, 0.05) is 40.9 Å². The number of carbonyl (C=O) groups is 1. The Hall–Kier alpha value is -2.95. The maximum atomic E-state index is 12.9. The Kier molecular flexibility index (Phi) is 4.52. The van der Waals surface area contributed by atoms with Crippen LogP contribution in [-0.4, -0.2) is 27.1 Å². The van der Waals surface area contributed by atoms with Gasteiger partial charge < -0.3 is 19.5 Å². The molecule has 0 saturated heterocycles. The van der Waals surface area contributed by atoms with Crippen LogP contribution in [0.4, 0.5) is 5.69 Å². The van der Waals surface area contributed by atoms with Gasteiger partial charge in [-0.2, -0.15) is 0 Å². The van der Waals surface area contributed by atoms with Crippen LogP contribution in [0.3, 0.4) is 0 Å². The highest BCUT2D eigenvalue weighted by atomic mass is 16.5. The molecular weight excluding hydrogens is 342 g/mol. The van der Waals surface area contributed by atoms with Crippen molar-refractivity contribution in [3.8, 4) is 17.2 Å². The Bertz CT molecular complexity index is 932. The number of benzene rings is 2. The first-order valence-corrected chi connectivity index (χ1v) is 9.10. The van der Waals surface area contributed by atoms with Crippen LogP contribution < -0.4 is 19.5 Å². The number of ether oxygens (including phenoxy) is 3. The second kappa shape index (κ2) is 6.99. The van der Waals surface area contributed by atoms with Gasteiger partial charge in [0.25, 0.3) is 0 Å². The first-order valence-electron chi connectivity index (χ1n) is 9.10. The van der Waals surface area contributed by atoms with Crippen LogP contribution >= 0.6 is 0 Å². The molecule has 27 heavy (non-hydrogen) atoms. The summed E-state index contributed by atoms with van der Waals surface area (Å²) in [5.41, 5.74) is 4.76. The van der Waals surface area contributed by atoms with Gasteiger partial charge in [0.05, 0.1) is 21.3 Å². The molecule has 2 aliphatic rings. The molecule has 0 fully saturated rings. The molecule has 140 valence electrons. The lowest BCUT2D eigenvalue weighted by molar-refractivity contribution is -0.116. The SMILES string of the molecule is COc1cc2c(cc1OC)[C@H](c1ccccc1OC)C1=C(CCCC1=O)N2. The second-order valence-electron chi connectivity index (χ2n) is 6.76. The number of carbonyl (C=O) groups excluding carboxylic acids is 1. The molecule has 2 aromatic carbocycles. The van der Waals surface area contributed by atoms with E-state index in [2.05, 4.69) is 5.32 Å². The van der Waals surface area contributed by atoms with Gasteiger partial charge in [0.15, 0.2) is 17.3 Å². The first kappa shape index (κ1) is 17.5. The summed E-state index contributed by atoms with van der Waals surface area (Å²) in [6.07, 6.45) is 2.31. The van der Waals surface area contributed by atoms with E-state index in [1.54, 1.807) is 21.3 Å². The lowest BCUT2D eigenvalue weighted by Crippen LogP contribution is -2.27. The van der Waals surface area contributed by atoms with E-state index in [-0.39, 0.29) is 11.7 Å². The van der Waals surface area contributed by atoms with Gasteiger partial charge in [-0.25, -0.2) is 0 Å². The third-order valence-corrected chi connectivity index (χ3v) is 5.35. The van der Waals surface area contributed by atoms with Crippen LogP contribution in [0.15, 0.2) is 47.7 Å². The largest absolute Gasteiger partial charge is 0.496 e. The minimum Gasteiger partial charge on any atom is -0.496 e. The molecule has 5 nitrogen and oxygen atoms in total. The molecule has 0 radical (unpaired) electrons. The van der Waals surface area contributed by atoms with Crippen molar-refractivity contribution in [1.82, 2.24) is 0 Å². The van der Waals surface area contributed by atoms with Crippen molar-refractivity contribution in [3.05, 3.63) is 58.8 Å². The van der Waals surface area contributed by atoms with E-state index in [0.717, 1.165) is 46.7 Å². The third-order valence-electron chi connectivity index (χ3n) is 5.35. The highest BCUT2D eigenvalue weighted by molar-refractivity contribution is 6.01. The highest BCUT2D eigenvalue weighted by Gasteiger charge is 2.37. The van der Waals surface area contributed by atoms with Crippen LogP contribution in [0, 0.1) is 0 Å². The number of methoxy groups -OCH3 is 3. The Morgan fingerprint density at radius 2 is 1.59 bits per heavy atom. The molecule has 1 aliphatic carbocycles. The fourth-order valence-corrected chi connectivity index (χ4v) is 4.12. The van der Waals surface area contributed by atoms with Crippen LogP contribution in [0.2, 0.25) is 0 Å². The number of nitrogens with one attached hydrogen (secondary N) is 1. The number of rotatable bonds is 4. The summed E-state index contributed by atoms with van der Waals surface area (Å²) in [5, 5.41) is 3.47. The van der Waals surface area contributed by atoms with Crippen LogP contribution in [0.25, 0.3) is 0 Å². The third kappa shape index (κ3) is 2.83. The van der Waals surface area contributed by atoms with Crippen molar-refractivity contribution in [3.63, 3.8) is 0 Å². The monoisotopic (exact) mass is 365 g/mol. The number of anilines is 1. The maximum absolute atomic E-state index is 12.9. The van der Waals surface area contributed by atoms with Gasteiger partial charge in [0.1, 0.15) is 5.75 Å². The zero-order chi connectivity index (χ0) is 19.0. The normalized spacial score (nSPS) is 18.3. The zero-order valence-electron chi connectivity index (χ0n) is 15.8. The predicted molar refractivity (Wildman–Crippen MR) is 104 cm³/mol. The summed E-state index contributed by atoms with van der Waals surface area (Å²) in [4.78, 5) is 12.9. The average Bonchev–Trinajstić information content (AvgIpc) is 2.71. The predicted octanol–water partition coefficient (Wildman–Crippen LogP) is 4.28. The van der Waals surface area contributed by atoms with Gasteiger partial charge in [-0.05, 0) is 30.5 Å². The molecule has 1 atom stereocenters. The van der Waals surface area contributed by atoms with Crippen molar-refractivity contribution in [1.29, 1.82) is 0 Å². The summed E-state index contributed by atoms with van der Waals surface area (Å²) in [5.74, 6) is 2.08. The molecule has 0 aromatic heterocycles. The first-order chi connectivity index (χ1) is 13.2. The molecule has 0 unspecified atom stereocenters. The van der Waals surface area contributed by atoms with Crippen molar-refractivity contribution < 1.29 is 19.0 Å². The Morgan fingerprint density at radius 1 is 0.889 bits per heavy atom. The van der Waals surface area contributed by atoms with Crippen LogP contribution in [0.5, 0.6) is 17.2 Å². The minimum absolute atomic E-state index is 0.194. The highest BCUT2D eigenvalue weighted by Crippen LogP contribution is 2.50. The fraction of sp³-hybridized carbons (Fsp3) is 0.318. The molecule has 0 saturated carbocycles. The van der Waals surface area contributed by atoms with Gasteiger partial charge in [-0.3, -0.25) is 4.79 Å². The van der Waals surface area contributed by atoms with Crippen molar-refractivity contribution >= 4 is 11.5 Å². The summed E-state index contributed by atoms with van der Waals surface area (Å²) >= 11 is 0. The summed E-state index contributed by atoms with van der Waals surface area (Å²) in [6, 6.07) is 11.8. The fourth-order valence-electron chi connectivity index (χ4n) is 4.12. The quantitative estimate of drug-likeness (QED) is 0.877. The smallest absolute Gasteiger partial charge is 0.162 e. The van der Waals surface area contributed by atoms with E-state index in [0.29, 0.717) is 17.9 Å². The number of hydrogen-bond donors (Lipinski definition) is 1. The Balaban J connectivity index is 1.98. The molecule has 0 spiro atoms. The van der Waals surface area contributed by atoms with E-state index < -0.39 is 0 Å². The topological polar surface area (TPSA) is 56.8 Å². The van der Waals surface area contributed by atoms with E-state index in [1.165, 1.54) is 0 Å². The summed E-state index contributed by atoms with van der Waals surface area (Å²) < 4.78 is 16.6. The molecule has 0 amide bonds. The zero-order valence-corrected chi connectivity index (χ0v) is 15.8. The average molecular weight is 365 g/mol. The molecule has 4 rings (SSSR count). The van der Waals surface area contributed by atoms with Crippen molar-refractivity contribution in [2.75, 3.05) is 26.6 Å². The van der Waals surface area contributed by atoms with Crippen LogP contribution in [-0.2, 0) is 4.79 Å². The second-order valence-corrected chi connectivity index (χ2v) is 6.76. The number of para-hydroxylation sites is 1. The van der Waals surface area contributed by atoms with Gasteiger partial charge >= 0.3 is 0 Å². The molecule has 2 aromatic rings. The van der Waals surface area contributed by atoms with Gasteiger partial charge in [-0.1, -0.05) is 18.2 Å². The maximum Gasteiger partial charge on any atom is 0.162 e. The molecule has 0 bridgehead atoms. The van der Waals surface area contributed by atoms with Crippen LogP contribution in [0.1, 0.15) is 36.3 Å². The lowest BCUT2D eigenvalue weighted by Gasteiger charge is -2.35. The van der Waals surface area contributed by atoms with E-state index in [1.807, 2.05) is 36.4 Å². The molecule has 1 N–H and O–H groups in total. The Morgan fingerprint density at radius 3 is 2.33 bits per heavy atom. The van der Waals surface area contributed by atoms with E-state index in [9.17, 15) is 4.79 Å². The van der Waals surface area contributed by atoms with Gasteiger partial charge in [-0.15, -0.1) is 0 Å². The standard InChI is InChI=1S/C22H23NO4/c1-25-18-10-5-4-7-13(18)21-14-11-19(26-2)20(27-3)12-16(14)23-15-8-6-9-17(24)22(15)21/h4-5,7,10-12,21,23H,6,8-9H2,1-3H3/t21-/m0/s1. The molecule has 1 heterocycles. The Labute approximate surface area is 158 Å². The summed E-state index contributed by atoms with van der Waals surface area (Å²) in [7, 11) is 4.90. The van der Waals surface area contributed by atoms with Crippen molar-refractivity contribution in [2.45, 2.75) is 25.2 Å². The minimum atomic E-state index is -0.194. The van der Waals surface area contributed by atoms with E-state index in [4.69, 9.17) is 14.2 Å². The van der Waals surface area contributed by atoms with Gasteiger partial charge in [0.2, 0.25) is 0 Å². The number of ketones is 1. The van der Waals surface area contributed by atoms with Crippen molar-refractivity contribution in [2.24, 2.45) is 0 Å². The molecule has 1 aliphatic heterocycles. The summed E-state index contributed by atoms with van der Waals surface area (Å²) in [6.45, 7) is 0.